The van der Waals surface area contributed by atoms with E-state index in [0.29, 0.717) is 0 Å². The van der Waals surface area contributed by atoms with E-state index in [1.54, 1.807) is 6.92 Å². The van der Waals surface area contributed by atoms with Crippen LogP contribution in [0.3, 0.4) is 0 Å². The van der Waals surface area contributed by atoms with Crippen LogP contribution in [0, 0.1) is 11.6 Å². The Balaban J connectivity index is 2.22. The van der Waals surface area contributed by atoms with Crippen molar-refractivity contribution in [3.8, 4) is 0 Å². The third-order valence-electron chi connectivity index (χ3n) is 3.12. The van der Waals surface area contributed by atoms with Gasteiger partial charge in [0.05, 0.1) is 6.54 Å². The van der Waals surface area contributed by atoms with Crippen molar-refractivity contribution in [2.24, 2.45) is 0 Å². The van der Waals surface area contributed by atoms with Crippen LogP contribution in [0.1, 0.15) is 18.9 Å². The smallest absolute Gasteiger partial charge is 0.242 e. The zero-order valence-corrected chi connectivity index (χ0v) is 10.5. The summed E-state index contributed by atoms with van der Waals surface area (Å²) in [6.07, 6.45) is 0.155. The average molecular weight is 268 g/mol. The lowest BCUT2D eigenvalue weighted by atomic mass is 10.1. The molecule has 1 aromatic carbocycles. The molecule has 4 nitrogen and oxygen atoms in total. The molecule has 0 spiro atoms. The van der Waals surface area contributed by atoms with Crippen LogP contribution in [0.2, 0.25) is 0 Å². The van der Waals surface area contributed by atoms with Gasteiger partial charge in [0.2, 0.25) is 11.8 Å². The van der Waals surface area contributed by atoms with E-state index in [9.17, 15) is 18.4 Å². The average Bonchev–Trinajstić information content (AvgIpc) is 2.47. The number of hydrogen-bond acceptors (Lipinski definition) is 2. The van der Waals surface area contributed by atoms with Crippen LogP contribution in [0.5, 0.6) is 0 Å². The van der Waals surface area contributed by atoms with Crippen molar-refractivity contribution in [1.82, 2.24) is 10.2 Å². The number of amides is 2. The highest BCUT2D eigenvalue weighted by Crippen LogP contribution is 2.16. The van der Waals surface area contributed by atoms with Crippen molar-refractivity contribution in [2.45, 2.75) is 25.9 Å². The second-order valence-electron chi connectivity index (χ2n) is 4.59. The van der Waals surface area contributed by atoms with Crippen LogP contribution >= 0.6 is 0 Å². The normalized spacial score (nSPS) is 20.2. The first-order valence-electron chi connectivity index (χ1n) is 5.97. The van der Waals surface area contributed by atoms with E-state index in [0.717, 1.165) is 18.2 Å². The van der Waals surface area contributed by atoms with Gasteiger partial charge in [0.25, 0.3) is 0 Å². The summed E-state index contributed by atoms with van der Waals surface area (Å²) in [5, 5.41) is 2.47. The third kappa shape index (κ3) is 3.07. The summed E-state index contributed by atoms with van der Waals surface area (Å²) in [5.74, 6) is -1.64. The topological polar surface area (TPSA) is 49.4 Å². The maximum atomic E-state index is 13.6. The van der Waals surface area contributed by atoms with Gasteiger partial charge in [-0.25, -0.2) is 8.78 Å². The Hall–Kier alpha value is -1.98. The molecule has 2 rings (SSSR count). The van der Waals surface area contributed by atoms with Gasteiger partial charge < -0.3 is 10.2 Å². The second-order valence-corrected chi connectivity index (χ2v) is 4.59. The molecule has 0 aromatic heterocycles. The van der Waals surface area contributed by atoms with Gasteiger partial charge in [0.15, 0.2) is 0 Å². The first-order valence-corrected chi connectivity index (χ1v) is 5.97. The van der Waals surface area contributed by atoms with Crippen molar-refractivity contribution in [3.63, 3.8) is 0 Å². The van der Waals surface area contributed by atoms with Crippen LogP contribution in [0.15, 0.2) is 18.2 Å². The van der Waals surface area contributed by atoms with E-state index in [-0.39, 0.29) is 42.9 Å². The molecule has 102 valence electrons. The van der Waals surface area contributed by atoms with E-state index >= 15 is 0 Å². The van der Waals surface area contributed by atoms with Crippen molar-refractivity contribution in [2.75, 3.05) is 6.54 Å². The van der Waals surface area contributed by atoms with Gasteiger partial charge in [-0.3, -0.25) is 9.59 Å². The molecule has 1 aliphatic heterocycles. The number of benzene rings is 1. The molecule has 0 saturated carbocycles. The summed E-state index contributed by atoms with van der Waals surface area (Å²) < 4.78 is 26.7. The molecule has 0 bridgehead atoms. The lowest BCUT2D eigenvalue weighted by molar-refractivity contribution is -0.132. The van der Waals surface area contributed by atoms with Gasteiger partial charge in [-0.2, -0.15) is 0 Å². The summed E-state index contributed by atoms with van der Waals surface area (Å²) >= 11 is 0. The number of nitrogens with one attached hydrogen (secondary N) is 1. The van der Waals surface area contributed by atoms with Crippen molar-refractivity contribution in [1.29, 1.82) is 0 Å². The standard InChI is InChI=1S/C13H14F2N2O2/c1-8-4-12(18)16-6-13(19)17(8)7-9-5-10(14)2-3-11(9)15/h2-3,5,8H,4,6-7H2,1H3,(H,16,18). The summed E-state index contributed by atoms with van der Waals surface area (Å²) in [6, 6.07) is 2.77. The Morgan fingerprint density at radius 3 is 2.84 bits per heavy atom. The largest absolute Gasteiger partial charge is 0.347 e. The Bertz CT molecular complexity index is 519. The molecule has 0 radical (unpaired) electrons. The van der Waals surface area contributed by atoms with Gasteiger partial charge in [-0.15, -0.1) is 0 Å². The molecule has 19 heavy (non-hydrogen) atoms. The zero-order valence-electron chi connectivity index (χ0n) is 10.5. The summed E-state index contributed by atoms with van der Waals surface area (Å²) in [7, 11) is 0. The zero-order chi connectivity index (χ0) is 14.0. The molecule has 1 aromatic rings. The molecule has 1 atom stereocenters. The number of carbonyl (C=O) groups excluding carboxylic acids is 2. The molecule has 1 unspecified atom stereocenters. The molecule has 2 amide bonds. The van der Waals surface area contributed by atoms with Crippen molar-refractivity contribution in [3.05, 3.63) is 35.4 Å². The first kappa shape index (κ1) is 13.5. The lowest BCUT2D eigenvalue weighted by Gasteiger charge is -2.26. The van der Waals surface area contributed by atoms with Crippen LogP contribution in [0.4, 0.5) is 8.78 Å². The van der Waals surface area contributed by atoms with E-state index in [1.165, 1.54) is 4.90 Å². The third-order valence-corrected chi connectivity index (χ3v) is 3.12. The fourth-order valence-corrected chi connectivity index (χ4v) is 2.06. The Labute approximate surface area is 109 Å². The lowest BCUT2D eigenvalue weighted by Crippen LogP contribution is -2.39. The monoisotopic (exact) mass is 268 g/mol. The quantitative estimate of drug-likeness (QED) is 0.876. The van der Waals surface area contributed by atoms with E-state index in [4.69, 9.17) is 0 Å². The molecule has 1 saturated heterocycles. The second kappa shape index (κ2) is 5.34. The summed E-state index contributed by atoms with van der Waals surface area (Å²) in [5.41, 5.74) is 0.106. The predicted octanol–water partition coefficient (Wildman–Crippen LogP) is 1.20. The highest BCUT2D eigenvalue weighted by atomic mass is 19.1. The Kier molecular flexibility index (Phi) is 3.78. The van der Waals surface area contributed by atoms with Gasteiger partial charge in [0, 0.05) is 24.6 Å². The van der Waals surface area contributed by atoms with Gasteiger partial charge in [-0.05, 0) is 25.1 Å². The van der Waals surface area contributed by atoms with Gasteiger partial charge in [-0.1, -0.05) is 0 Å². The number of nitrogens with zero attached hydrogens (tertiary/aromatic N) is 1. The number of rotatable bonds is 2. The number of hydrogen-bond donors (Lipinski definition) is 1. The van der Waals surface area contributed by atoms with Crippen LogP contribution in [-0.2, 0) is 16.1 Å². The minimum atomic E-state index is -0.565. The van der Waals surface area contributed by atoms with E-state index < -0.39 is 11.6 Å². The molecular weight excluding hydrogens is 254 g/mol. The molecule has 1 N–H and O–H groups in total. The van der Waals surface area contributed by atoms with Gasteiger partial charge >= 0.3 is 0 Å². The van der Waals surface area contributed by atoms with E-state index in [2.05, 4.69) is 5.32 Å². The summed E-state index contributed by atoms with van der Waals surface area (Å²) in [4.78, 5) is 24.6. The maximum Gasteiger partial charge on any atom is 0.242 e. The van der Waals surface area contributed by atoms with Crippen molar-refractivity contribution >= 4 is 11.8 Å². The number of carbonyl (C=O) groups is 2. The first-order chi connectivity index (χ1) is 8.97. The minimum Gasteiger partial charge on any atom is -0.347 e. The van der Waals surface area contributed by atoms with Crippen LogP contribution in [-0.4, -0.2) is 29.3 Å². The Morgan fingerprint density at radius 2 is 2.11 bits per heavy atom. The minimum absolute atomic E-state index is 0.0431. The van der Waals surface area contributed by atoms with E-state index in [1.807, 2.05) is 0 Å². The molecule has 1 aliphatic rings. The molecule has 0 aliphatic carbocycles. The molecular formula is C13H14F2N2O2. The summed E-state index contributed by atoms with van der Waals surface area (Å²) in [6.45, 7) is 1.55. The van der Waals surface area contributed by atoms with Crippen molar-refractivity contribution < 1.29 is 18.4 Å². The van der Waals surface area contributed by atoms with Crippen LogP contribution in [0.25, 0.3) is 0 Å². The molecule has 1 heterocycles. The fourth-order valence-electron chi connectivity index (χ4n) is 2.06. The molecule has 1 fully saturated rings. The van der Waals surface area contributed by atoms with Crippen LogP contribution < -0.4 is 5.32 Å². The SMILES string of the molecule is CC1CC(=O)NCC(=O)N1Cc1cc(F)ccc1F. The Morgan fingerprint density at radius 1 is 1.37 bits per heavy atom. The number of halogens is 2. The molecule has 6 heteroatoms. The fraction of sp³-hybridized carbons (Fsp3) is 0.385. The highest BCUT2D eigenvalue weighted by Gasteiger charge is 2.27. The predicted molar refractivity (Wildman–Crippen MR) is 64.0 cm³/mol. The highest BCUT2D eigenvalue weighted by molar-refractivity contribution is 5.87. The maximum absolute atomic E-state index is 13.6. The van der Waals surface area contributed by atoms with Gasteiger partial charge in [0.1, 0.15) is 11.6 Å².